The third-order valence-corrected chi connectivity index (χ3v) is 14.6. The molecule has 6 rings (SSSR count). The number of likely N-dealkylation sites (tertiary alicyclic amines) is 2. The van der Waals surface area contributed by atoms with Crippen molar-refractivity contribution >= 4 is 35.4 Å². The van der Waals surface area contributed by atoms with Crippen LogP contribution in [0, 0.1) is 23.7 Å². The predicted octanol–water partition coefficient (Wildman–Crippen LogP) is 4.74. The number of carbonyl (C=O) groups is 6. The molecule has 2 aliphatic heterocycles. The van der Waals surface area contributed by atoms with E-state index in [9.17, 15) is 28.8 Å². The molecule has 2 aliphatic rings. The summed E-state index contributed by atoms with van der Waals surface area (Å²) in [5.74, 6) is 9.73. The molecule has 6 amide bonds. The van der Waals surface area contributed by atoms with Crippen LogP contribution in [0.25, 0.3) is 0 Å². The summed E-state index contributed by atoms with van der Waals surface area (Å²) in [6.07, 6.45) is 2.60. The molecule has 4 aromatic rings. The van der Waals surface area contributed by atoms with Gasteiger partial charge in [0.2, 0.25) is 23.6 Å². The van der Waals surface area contributed by atoms with Crippen LogP contribution in [0.4, 0.5) is 0 Å². The summed E-state index contributed by atoms with van der Waals surface area (Å²) in [6.45, 7) is 9.17. The van der Waals surface area contributed by atoms with E-state index in [0.29, 0.717) is 76.1 Å². The Morgan fingerprint density at radius 2 is 0.885 bits per heavy atom. The molecule has 4 N–H and O–H groups in total. The summed E-state index contributed by atoms with van der Waals surface area (Å²) in [5.41, 5.74) is 3.35. The first kappa shape index (κ1) is 59.9. The minimum Gasteiger partial charge on any atom is -0.363 e. The predicted molar refractivity (Wildman–Crippen MR) is 302 cm³/mol. The van der Waals surface area contributed by atoms with Crippen LogP contribution in [0.5, 0.6) is 0 Å². The lowest BCUT2D eigenvalue weighted by molar-refractivity contribution is -0.141. The molecule has 0 unspecified atom stereocenters. The lowest BCUT2D eigenvalue weighted by atomic mass is 10.1. The first-order chi connectivity index (χ1) is 37.8. The number of hydrogen-bond donors (Lipinski definition) is 4. The number of hydrogen-bond acceptors (Lipinski definition) is 10. The third kappa shape index (κ3) is 17.6. The average molecular weight is 1060 g/mol. The zero-order valence-corrected chi connectivity index (χ0v) is 46.1. The van der Waals surface area contributed by atoms with Crippen LogP contribution in [0.3, 0.4) is 0 Å². The number of likely N-dealkylation sites (N-methyl/N-ethyl adjacent to an activating group) is 2. The number of ether oxygens (including phenoxy) is 2. The highest BCUT2D eigenvalue weighted by atomic mass is 16.5. The maximum absolute atomic E-state index is 14.6. The maximum Gasteiger partial charge on any atom is 0.253 e. The second kappa shape index (κ2) is 31.2. The smallest absolute Gasteiger partial charge is 0.253 e. The van der Waals surface area contributed by atoms with Gasteiger partial charge >= 0.3 is 0 Å². The standard InChI is InChI=1S/C62H78N8O8/c1-45(63-5)57(71)65-55(61(75)69-37-23-33-53(69)43-67(39-35-49-25-13-9-14-26-49)59(73)51-29-17-11-18-30-51)47(3)77-41-21-7-8-22-42-78-48(4)56(66-58(72)46(2)64-6)62(76)70-38-24-34-54(70)44-68(40-36-50-27-15-10-16-28-50)60(74)52-31-19-12-20-32-52/h9-20,25-32,45-48,53-56,63-64H,23-24,33-44H2,1-6H3,(H,65,71)(H,66,72)/t45-,46+,47-,48-,53+,54+,55+,56+/m1/s1. The molecular weight excluding hydrogens is 985 g/mol. The van der Waals surface area contributed by atoms with Crippen molar-refractivity contribution < 1.29 is 38.2 Å². The van der Waals surface area contributed by atoms with Gasteiger partial charge in [0.25, 0.3) is 11.8 Å². The van der Waals surface area contributed by atoms with E-state index in [1.165, 1.54) is 0 Å². The van der Waals surface area contributed by atoms with Crippen molar-refractivity contribution in [3.05, 3.63) is 144 Å². The van der Waals surface area contributed by atoms with Crippen LogP contribution in [0.1, 0.15) is 85.2 Å². The topological polar surface area (TPSA) is 182 Å². The highest BCUT2D eigenvalue weighted by molar-refractivity contribution is 5.95. The molecule has 0 aliphatic carbocycles. The van der Waals surface area contributed by atoms with E-state index in [4.69, 9.17) is 9.47 Å². The monoisotopic (exact) mass is 1060 g/mol. The quantitative estimate of drug-likeness (QED) is 0.0642. The molecular formula is C62H78N8O8. The molecule has 8 atom stereocenters. The minimum absolute atomic E-state index is 0.0967. The van der Waals surface area contributed by atoms with E-state index in [1.807, 2.05) is 107 Å². The van der Waals surface area contributed by atoms with Gasteiger partial charge in [-0.25, -0.2) is 0 Å². The maximum atomic E-state index is 14.6. The molecule has 0 radical (unpaired) electrons. The van der Waals surface area contributed by atoms with Crippen LogP contribution in [-0.4, -0.2) is 170 Å². The first-order valence-electron chi connectivity index (χ1n) is 27.3. The minimum atomic E-state index is -1.04. The van der Waals surface area contributed by atoms with Crippen LogP contribution < -0.4 is 21.3 Å². The Morgan fingerprint density at radius 1 is 0.538 bits per heavy atom. The van der Waals surface area contributed by atoms with Crippen LogP contribution in [0.2, 0.25) is 0 Å². The lowest BCUT2D eigenvalue weighted by Crippen LogP contribution is -2.58. The zero-order valence-electron chi connectivity index (χ0n) is 46.1. The van der Waals surface area contributed by atoms with Crippen LogP contribution in [-0.2, 0) is 41.5 Å². The van der Waals surface area contributed by atoms with E-state index in [1.54, 1.807) is 75.9 Å². The van der Waals surface area contributed by atoms with E-state index in [0.717, 1.165) is 24.0 Å². The van der Waals surface area contributed by atoms with Gasteiger partial charge in [-0.2, -0.15) is 0 Å². The molecule has 2 saturated heterocycles. The fourth-order valence-corrected chi connectivity index (χ4v) is 9.67. The van der Waals surface area contributed by atoms with Gasteiger partial charge in [-0.15, -0.1) is 0 Å². The van der Waals surface area contributed by atoms with Gasteiger partial charge in [0, 0.05) is 62.5 Å². The summed E-state index contributed by atoms with van der Waals surface area (Å²) in [7, 11) is 3.33. The summed E-state index contributed by atoms with van der Waals surface area (Å²) < 4.78 is 12.2. The van der Waals surface area contributed by atoms with E-state index in [-0.39, 0.29) is 60.7 Å². The molecule has 4 aromatic carbocycles. The molecule has 0 aromatic heterocycles. The second-order valence-electron chi connectivity index (χ2n) is 20.0. The van der Waals surface area contributed by atoms with Crippen molar-refractivity contribution in [1.29, 1.82) is 0 Å². The van der Waals surface area contributed by atoms with E-state index >= 15 is 0 Å². The summed E-state index contributed by atoms with van der Waals surface area (Å²) in [6, 6.07) is 34.5. The first-order valence-corrected chi connectivity index (χ1v) is 27.3. The van der Waals surface area contributed by atoms with Crippen molar-refractivity contribution in [2.24, 2.45) is 0 Å². The summed E-state index contributed by atoms with van der Waals surface area (Å²) in [4.78, 5) is 90.8. The normalized spacial score (nSPS) is 17.2. The Balaban J connectivity index is 1.08. The van der Waals surface area contributed by atoms with Gasteiger partial charge in [0.05, 0.1) is 24.3 Å². The fraction of sp³-hybridized carbons (Fsp3) is 0.452. The fourth-order valence-electron chi connectivity index (χ4n) is 9.67. The number of rotatable bonds is 26. The van der Waals surface area contributed by atoms with Crippen molar-refractivity contribution in [2.45, 2.75) is 115 Å². The number of nitrogens with one attached hydrogen (secondary N) is 4. The number of benzene rings is 4. The molecule has 0 bridgehead atoms. The summed E-state index contributed by atoms with van der Waals surface area (Å²) in [5, 5.41) is 11.7. The Labute approximate surface area is 461 Å². The van der Waals surface area contributed by atoms with Gasteiger partial charge in [0.1, 0.15) is 25.3 Å². The number of amides is 6. The zero-order chi connectivity index (χ0) is 55.8. The third-order valence-electron chi connectivity index (χ3n) is 14.6. The van der Waals surface area contributed by atoms with Crippen molar-refractivity contribution in [2.75, 3.05) is 66.6 Å². The van der Waals surface area contributed by atoms with Gasteiger partial charge in [-0.1, -0.05) is 109 Å². The SMILES string of the molecule is CN[C@@H](C)C(=O)N[C@H](C(=O)N1CCC[C@H]1CN(CCc1ccccc1)C(=O)c1ccccc1)[C@@H](C)OCC#CC#CCO[C@H](C)[C@H](NC(=O)[C@@H](C)NC)C(=O)N1CCC[C@H]1CN(CCc1ccccc1)C(=O)c1ccccc1. The lowest BCUT2D eigenvalue weighted by Gasteiger charge is -2.35. The highest BCUT2D eigenvalue weighted by Gasteiger charge is 2.40. The average Bonchev–Trinajstić information content (AvgIpc) is 4.17. The largest absolute Gasteiger partial charge is 0.363 e. The van der Waals surface area contributed by atoms with Crippen molar-refractivity contribution in [3.8, 4) is 23.7 Å². The van der Waals surface area contributed by atoms with Crippen molar-refractivity contribution in [3.63, 3.8) is 0 Å². The van der Waals surface area contributed by atoms with Gasteiger partial charge in [-0.3, -0.25) is 28.8 Å². The van der Waals surface area contributed by atoms with Gasteiger partial charge in [-0.05, 0) is 128 Å². The molecule has 16 nitrogen and oxygen atoms in total. The van der Waals surface area contributed by atoms with Crippen LogP contribution >= 0.6 is 0 Å². The molecule has 2 fully saturated rings. The molecule has 0 saturated carbocycles. The molecule has 0 spiro atoms. The number of carbonyl (C=O) groups excluding carboxylic acids is 6. The molecule has 2 heterocycles. The highest BCUT2D eigenvalue weighted by Crippen LogP contribution is 2.24. The summed E-state index contributed by atoms with van der Waals surface area (Å²) >= 11 is 0. The van der Waals surface area contributed by atoms with Crippen molar-refractivity contribution in [1.82, 2.24) is 40.9 Å². The van der Waals surface area contributed by atoms with Gasteiger partial charge in [0.15, 0.2) is 0 Å². The molecule has 16 heteroatoms. The second-order valence-corrected chi connectivity index (χ2v) is 20.0. The van der Waals surface area contributed by atoms with Gasteiger partial charge < -0.3 is 50.3 Å². The Bertz CT molecular complexity index is 2510. The Morgan fingerprint density at radius 3 is 1.23 bits per heavy atom. The van der Waals surface area contributed by atoms with E-state index < -0.39 is 36.4 Å². The molecule has 414 valence electrons. The molecule has 78 heavy (non-hydrogen) atoms. The van der Waals surface area contributed by atoms with Crippen LogP contribution in [0.15, 0.2) is 121 Å². The van der Waals surface area contributed by atoms with E-state index in [2.05, 4.69) is 44.9 Å². The Hall–Kier alpha value is -7.34. The number of nitrogens with zero attached hydrogens (tertiary/aromatic N) is 4. The Kier molecular flexibility index (Phi) is 23.9.